The van der Waals surface area contributed by atoms with Crippen LogP contribution < -0.4 is 5.73 Å². The molecule has 2 N–H and O–H groups in total. The number of nitrogens with two attached hydrogens (primary N) is 1. The van der Waals surface area contributed by atoms with Crippen molar-refractivity contribution in [3.05, 3.63) is 34.1 Å². The quantitative estimate of drug-likeness (QED) is 0.889. The molecule has 0 bridgehead atoms. The molecule has 0 aliphatic carbocycles. The Morgan fingerprint density at radius 2 is 1.80 bits per heavy atom. The zero-order valence-corrected chi connectivity index (χ0v) is 13.9. The summed E-state index contributed by atoms with van der Waals surface area (Å²) in [5, 5.41) is 0. The topological polar surface area (TPSA) is 29.3 Å². The molecule has 1 saturated heterocycles. The largest absolute Gasteiger partial charge is 0.322 e. The number of halogens is 2. The third-order valence-electron chi connectivity index (χ3n) is 4.48. The summed E-state index contributed by atoms with van der Waals surface area (Å²) in [5.41, 5.74) is 6.77. The lowest BCUT2D eigenvalue weighted by atomic mass is 9.87. The standard InChI is InChI=1S/C16H24BrFN2/c1-16(2,20-9-5-3-4-6-10-20)15(19)13-11-12(17)7-8-14(13)18/h7-8,11,15H,3-6,9-10,19H2,1-2H3. The number of hydrogen-bond acceptors (Lipinski definition) is 2. The number of rotatable bonds is 3. The van der Waals surface area contributed by atoms with E-state index in [-0.39, 0.29) is 17.4 Å². The minimum Gasteiger partial charge on any atom is -0.322 e. The van der Waals surface area contributed by atoms with E-state index in [0.717, 1.165) is 17.6 Å². The van der Waals surface area contributed by atoms with E-state index in [1.165, 1.54) is 31.7 Å². The molecule has 1 aromatic rings. The molecule has 0 spiro atoms. The normalized spacial score (nSPS) is 19.6. The summed E-state index contributed by atoms with van der Waals surface area (Å²) in [4.78, 5) is 2.42. The molecule has 1 atom stereocenters. The molecule has 1 fully saturated rings. The molecule has 1 unspecified atom stereocenters. The summed E-state index contributed by atoms with van der Waals surface area (Å²) in [7, 11) is 0. The summed E-state index contributed by atoms with van der Waals surface area (Å²) in [6.07, 6.45) is 4.98. The van der Waals surface area contributed by atoms with Gasteiger partial charge < -0.3 is 5.73 Å². The SMILES string of the molecule is CC(C)(C(N)c1cc(Br)ccc1F)N1CCCCCC1. The fourth-order valence-electron chi connectivity index (χ4n) is 2.98. The molecule has 0 amide bonds. The predicted octanol–water partition coefficient (Wildman–Crippen LogP) is 4.24. The first-order chi connectivity index (χ1) is 9.43. The Kier molecular flexibility index (Phi) is 5.21. The minimum absolute atomic E-state index is 0.219. The molecule has 2 nitrogen and oxygen atoms in total. The van der Waals surface area contributed by atoms with Crippen molar-refractivity contribution in [3.63, 3.8) is 0 Å². The van der Waals surface area contributed by atoms with Crippen LogP contribution in [0.3, 0.4) is 0 Å². The Bertz CT molecular complexity index is 454. The van der Waals surface area contributed by atoms with Gasteiger partial charge in [0.15, 0.2) is 0 Å². The van der Waals surface area contributed by atoms with E-state index < -0.39 is 0 Å². The van der Waals surface area contributed by atoms with Gasteiger partial charge >= 0.3 is 0 Å². The average Bonchev–Trinajstić information content (AvgIpc) is 2.70. The second kappa shape index (κ2) is 6.54. The van der Waals surface area contributed by atoms with Crippen molar-refractivity contribution in [3.8, 4) is 0 Å². The van der Waals surface area contributed by atoms with E-state index in [9.17, 15) is 4.39 Å². The van der Waals surface area contributed by atoms with Crippen molar-refractivity contribution in [2.75, 3.05) is 13.1 Å². The monoisotopic (exact) mass is 342 g/mol. The molecule has 1 aromatic carbocycles. The first-order valence-corrected chi connectivity index (χ1v) is 8.18. The fraction of sp³-hybridized carbons (Fsp3) is 0.625. The van der Waals surface area contributed by atoms with Crippen LogP contribution in [0.1, 0.15) is 51.1 Å². The van der Waals surface area contributed by atoms with Crippen molar-refractivity contribution in [2.24, 2.45) is 5.73 Å². The highest BCUT2D eigenvalue weighted by Gasteiger charge is 2.35. The van der Waals surface area contributed by atoms with Crippen LogP contribution in [0, 0.1) is 5.82 Å². The van der Waals surface area contributed by atoms with Crippen LogP contribution in [0.15, 0.2) is 22.7 Å². The van der Waals surface area contributed by atoms with Crippen molar-refractivity contribution >= 4 is 15.9 Å². The minimum atomic E-state index is -0.335. The Morgan fingerprint density at radius 1 is 1.20 bits per heavy atom. The molecule has 0 aromatic heterocycles. The molecule has 0 radical (unpaired) electrons. The molecule has 0 saturated carbocycles. The van der Waals surface area contributed by atoms with E-state index in [1.807, 2.05) is 0 Å². The summed E-state index contributed by atoms with van der Waals surface area (Å²) >= 11 is 3.40. The van der Waals surface area contributed by atoms with Gasteiger partial charge in [0.05, 0.1) is 6.04 Å². The Morgan fingerprint density at radius 3 is 2.40 bits per heavy atom. The van der Waals surface area contributed by atoms with Crippen LogP contribution in [0.4, 0.5) is 4.39 Å². The molecule has 20 heavy (non-hydrogen) atoms. The van der Waals surface area contributed by atoms with Gasteiger partial charge in [-0.15, -0.1) is 0 Å². The molecular weight excluding hydrogens is 319 g/mol. The number of likely N-dealkylation sites (tertiary alicyclic amines) is 1. The first kappa shape index (κ1) is 15.9. The zero-order valence-electron chi connectivity index (χ0n) is 12.3. The van der Waals surface area contributed by atoms with Crippen molar-refractivity contribution < 1.29 is 4.39 Å². The number of nitrogens with zero attached hydrogens (tertiary/aromatic N) is 1. The Hall–Kier alpha value is -0.450. The van der Waals surface area contributed by atoms with Crippen LogP contribution in [0.5, 0.6) is 0 Å². The van der Waals surface area contributed by atoms with Gasteiger partial charge in [0.2, 0.25) is 0 Å². The highest BCUT2D eigenvalue weighted by Crippen LogP contribution is 2.33. The second-order valence-corrected chi connectivity index (χ2v) is 7.11. The van der Waals surface area contributed by atoms with Crippen LogP contribution in [0.25, 0.3) is 0 Å². The van der Waals surface area contributed by atoms with E-state index in [1.54, 1.807) is 12.1 Å². The van der Waals surface area contributed by atoms with Crippen molar-refractivity contribution in [1.29, 1.82) is 0 Å². The highest BCUT2D eigenvalue weighted by molar-refractivity contribution is 9.10. The van der Waals surface area contributed by atoms with Gasteiger partial charge in [-0.3, -0.25) is 4.90 Å². The smallest absolute Gasteiger partial charge is 0.128 e. The fourth-order valence-corrected chi connectivity index (χ4v) is 3.36. The van der Waals surface area contributed by atoms with Crippen molar-refractivity contribution in [2.45, 2.75) is 51.1 Å². The van der Waals surface area contributed by atoms with Gasteiger partial charge in [0.25, 0.3) is 0 Å². The molecule has 4 heteroatoms. The lowest BCUT2D eigenvalue weighted by Crippen LogP contribution is -2.51. The van der Waals surface area contributed by atoms with Crippen LogP contribution in [0.2, 0.25) is 0 Å². The van der Waals surface area contributed by atoms with Crippen LogP contribution in [-0.4, -0.2) is 23.5 Å². The molecule has 2 rings (SSSR count). The molecule has 112 valence electrons. The molecule has 1 heterocycles. The summed E-state index contributed by atoms with van der Waals surface area (Å²) in [5.74, 6) is -0.219. The maximum Gasteiger partial charge on any atom is 0.128 e. The van der Waals surface area contributed by atoms with E-state index in [0.29, 0.717) is 5.56 Å². The van der Waals surface area contributed by atoms with Crippen LogP contribution >= 0.6 is 15.9 Å². The summed E-state index contributed by atoms with van der Waals surface area (Å²) < 4.78 is 14.9. The molecule has 1 aliphatic rings. The molecular formula is C16H24BrFN2. The zero-order chi connectivity index (χ0) is 14.8. The predicted molar refractivity (Wildman–Crippen MR) is 85.1 cm³/mol. The first-order valence-electron chi connectivity index (χ1n) is 7.38. The van der Waals surface area contributed by atoms with Crippen molar-refractivity contribution in [1.82, 2.24) is 4.90 Å². The number of hydrogen-bond donors (Lipinski definition) is 1. The lowest BCUT2D eigenvalue weighted by Gasteiger charge is -2.42. The van der Waals surface area contributed by atoms with Gasteiger partial charge in [0.1, 0.15) is 5.82 Å². The van der Waals surface area contributed by atoms with E-state index in [4.69, 9.17) is 5.73 Å². The summed E-state index contributed by atoms with van der Waals surface area (Å²) in [6, 6.07) is 4.67. The van der Waals surface area contributed by atoms with Gasteiger partial charge in [0, 0.05) is 15.6 Å². The third kappa shape index (κ3) is 3.41. The maximum atomic E-state index is 14.1. The Balaban J connectivity index is 2.24. The lowest BCUT2D eigenvalue weighted by molar-refractivity contribution is 0.0967. The maximum absolute atomic E-state index is 14.1. The Labute approximate surface area is 129 Å². The van der Waals surface area contributed by atoms with Crippen LogP contribution in [-0.2, 0) is 0 Å². The van der Waals surface area contributed by atoms with Gasteiger partial charge in [-0.05, 0) is 58.0 Å². The third-order valence-corrected chi connectivity index (χ3v) is 4.97. The van der Waals surface area contributed by atoms with E-state index in [2.05, 4.69) is 34.7 Å². The second-order valence-electron chi connectivity index (χ2n) is 6.20. The van der Waals surface area contributed by atoms with Gasteiger partial charge in [-0.25, -0.2) is 4.39 Å². The average molecular weight is 343 g/mol. The van der Waals surface area contributed by atoms with E-state index >= 15 is 0 Å². The van der Waals surface area contributed by atoms with Gasteiger partial charge in [-0.1, -0.05) is 28.8 Å². The van der Waals surface area contributed by atoms with Gasteiger partial charge in [-0.2, -0.15) is 0 Å². The highest BCUT2D eigenvalue weighted by atomic mass is 79.9. The molecule has 1 aliphatic heterocycles. The number of benzene rings is 1. The summed E-state index contributed by atoms with van der Waals surface area (Å²) in [6.45, 7) is 6.36.